The van der Waals surface area contributed by atoms with E-state index in [1.54, 1.807) is 0 Å². The van der Waals surface area contributed by atoms with Crippen molar-refractivity contribution >= 4 is 12.4 Å². The third-order valence-corrected chi connectivity index (χ3v) is 2.16. The lowest BCUT2D eigenvalue weighted by Crippen LogP contribution is -2.48. The molecule has 8 nitrogen and oxygen atoms in total. The van der Waals surface area contributed by atoms with Crippen LogP contribution >= 0.6 is 0 Å². The third kappa shape index (κ3) is 2.07. The molecule has 15 heavy (non-hydrogen) atoms. The number of primary amides is 1. The highest BCUT2D eigenvalue weighted by atomic mass is 16.6. The number of rotatable bonds is 3. The van der Waals surface area contributed by atoms with Gasteiger partial charge in [-0.15, -0.1) is 0 Å². The number of nitrogens with two attached hydrogens (primary N) is 1. The van der Waals surface area contributed by atoms with Crippen molar-refractivity contribution < 1.29 is 29.6 Å². The van der Waals surface area contributed by atoms with Gasteiger partial charge >= 0.3 is 6.03 Å². The van der Waals surface area contributed by atoms with Crippen LogP contribution in [-0.4, -0.2) is 63.8 Å². The molecule has 0 radical (unpaired) electrons. The van der Waals surface area contributed by atoms with Gasteiger partial charge in [-0.25, -0.2) is 9.69 Å². The zero-order chi connectivity index (χ0) is 11.6. The van der Waals surface area contributed by atoms with Crippen LogP contribution in [0.4, 0.5) is 4.79 Å². The molecule has 0 aromatic rings. The Hall–Kier alpha value is -1.22. The van der Waals surface area contributed by atoms with Gasteiger partial charge in [0.1, 0.15) is 18.3 Å². The molecule has 86 valence electrons. The molecule has 1 fully saturated rings. The lowest BCUT2D eigenvalue weighted by Gasteiger charge is -2.22. The van der Waals surface area contributed by atoms with E-state index in [2.05, 4.69) is 0 Å². The van der Waals surface area contributed by atoms with Crippen molar-refractivity contribution in [3.63, 3.8) is 0 Å². The minimum atomic E-state index is -1.49. The molecule has 0 spiro atoms. The Morgan fingerprint density at radius 2 is 2.07 bits per heavy atom. The fraction of sp³-hybridized carbons (Fsp3) is 0.714. The van der Waals surface area contributed by atoms with Gasteiger partial charge in [0.2, 0.25) is 6.41 Å². The van der Waals surface area contributed by atoms with Crippen molar-refractivity contribution in [1.29, 1.82) is 0 Å². The van der Waals surface area contributed by atoms with Crippen molar-refractivity contribution in [2.45, 2.75) is 24.5 Å². The van der Waals surface area contributed by atoms with Gasteiger partial charge in [0, 0.05) is 0 Å². The summed E-state index contributed by atoms with van der Waals surface area (Å²) in [6, 6.07) is -1.11. The molecule has 0 aromatic carbocycles. The van der Waals surface area contributed by atoms with E-state index in [0.717, 1.165) is 0 Å². The van der Waals surface area contributed by atoms with Crippen molar-refractivity contribution in [3.05, 3.63) is 0 Å². The summed E-state index contributed by atoms with van der Waals surface area (Å²) in [6.07, 6.45) is -5.19. The molecule has 1 aliphatic heterocycles. The zero-order valence-corrected chi connectivity index (χ0v) is 7.68. The summed E-state index contributed by atoms with van der Waals surface area (Å²) in [6.45, 7) is -0.541. The van der Waals surface area contributed by atoms with Crippen LogP contribution in [0.25, 0.3) is 0 Å². The van der Waals surface area contributed by atoms with Crippen LogP contribution in [0.15, 0.2) is 0 Å². The Bertz CT molecular complexity index is 260. The number of ether oxygens (including phenoxy) is 1. The van der Waals surface area contributed by atoms with E-state index >= 15 is 0 Å². The summed E-state index contributed by atoms with van der Waals surface area (Å²) in [7, 11) is 0. The number of aliphatic hydroxyl groups excluding tert-OH is 3. The lowest BCUT2D eigenvalue weighted by atomic mass is 10.1. The fourth-order valence-electron chi connectivity index (χ4n) is 1.35. The molecule has 0 saturated carbocycles. The van der Waals surface area contributed by atoms with Crippen LogP contribution in [0.2, 0.25) is 0 Å². The third-order valence-electron chi connectivity index (χ3n) is 2.16. The first-order valence-electron chi connectivity index (χ1n) is 4.18. The van der Waals surface area contributed by atoms with Gasteiger partial charge in [-0.2, -0.15) is 0 Å². The van der Waals surface area contributed by atoms with E-state index in [9.17, 15) is 19.8 Å². The van der Waals surface area contributed by atoms with Crippen LogP contribution in [0.1, 0.15) is 0 Å². The SMILES string of the molecule is NC(=O)N(C=O)[C@@H]1O[C@H](CO)[C@@H](O)[C@H]1O. The molecule has 5 N–H and O–H groups in total. The topological polar surface area (TPSA) is 133 Å². The van der Waals surface area contributed by atoms with Gasteiger partial charge in [0.25, 0.3) is 0 Å². The zero-order valence-electron chi connectivity index (χ0n) is 7.68. The minimum absolute atomic E-state index is 0.0860. The highest BCUT2D eigenvalue weighted by molar-refractivity contribution is 5.83. The summed E-state index contributed by atoms with van der Waals surface area (Å²) in [4.78, 5) is 21.6. The smallest absolute Gasteiger partial charge is 0.323 e. The highest BCUT2D eigenvalue weighted by Gasteiger charge is 2.46. The van der Waals surface area contributed by atoms with Crippen molar-refractivity contribution in [2.75, 3.05) is 6.61 Å². The Labute approximate surface area is 84.8 Å². The molecule has 1 aliphatic rings. The Morgan fingerprint density at radius 3 is 2.40 bits per heavy atom. The van der Waals surface area contributed by atoms with E-state index in [1.165, 1.54) is 0 Å². The van der Waals surface area contributed by atoms with E-state index in [0.29, 0.717) is 4.90 Å². The maximum absolute atomic E-state index is 10.7. The van der Waals surface area contributed by atoms with Crippen LogP contribution in [0.3, 0.4) is 0 Å². The second-order valence-corrected chi connectivity index (χ2v) is 3.08. The quantitative estimate of drug-likeness (QED) is 0.374. The molecular formula is C7H12N2O6. The van der Waals surface area contributed by atoms with Gasteiger partial charge in [-0.3, -0.25) is 4.79 Å². The number of hydrogen-bond donors (Lipinski definition) is 4. The number of nitrogens with zero attached hydrogens (tertiary/aromatic N) is 1. The summed E-state index contributed by atoms with van der Waals surface area (Å²) in [5.41, 5.74) is 4.84. The Balaban J connectivity index is 2.79. The van der Waals surface area contributed by atoms with Crippen molar-refractivity contribution in [2.24, 2.45) is 5.73 Å². The molecule has 0 aliphatic carbocycles. The van der Waals surface area contributed by atoms with Crippen LogP contribution < -0.4 is 5.73 Å². The van der Waals surface area contributed by atoms with Gasteiger partial charge in [0.15, 0.2) is 6.23 Å². The predicted molar refractivity (Wildman–Crippen MR) is 45.2 cm³/mol. The normalized spacial score (nSPS) is 35.1. The van der Waals surface area contributed by atoms with Gasteiger partial charge in [0.05, 0.1) is 6.61 Å². The number of amides is 3. The number of carbonyl (C=O) groups is 2. The highest BCUT2D eigenvalue weighted by Crippen LogP contribution is 2.22. The molecule has 1 heterocycles. The molecule has 1 saturated heterocycles. The first-order valence-corrected chi connectivity index (χ1v) is 4.18. The van der Waals surface area contributed by atoms with Crippen molar-refractivity contribution in [3.8, 4) is 0 Å². The molecule has 4 atom stereocenters. The molecule has 3 amide bonds. The average Bonchev–Trinajstić information content (AvgIpc) is 2.46. The summed E-state index contributed by atoms with van der Waals surface area (Å²) in [5, 5.41) is 27.5. The maximum Gasteiger partial charge on any atom is 0.323 e. The monoisotopic (exact) mass is 220 g/mol. The number of hydrogen-bond acceptors (Lipinski definition) is 6. The molecule has 0 aromatic heterocycles. The number of imide groups is 1. The largest absolute Gasteiger partial charge is 0.394 e. The van der Waals surface area contributed by atoms with E-state index in [4.69, 9.17) is 15.6 Å². The number of carbonyl (C=O) groups excluding carboxylic acids is 2. The average molecular weight is 220 g/mol. The first-order chi connectivity index (χ1) is 7.02. The molecule has 1 rings (SSSR count). The predicted octanol–water partition coefficient (Wildman–Crippen LogP) is -3.04. The van der Waals surface area contributed by atoms with Crippen LogP contribution in [0, 0.1) is 0 Å². The van der Waals surface area contributed by atoms with Crippen molar-refractivity contribution in [1.82, 2.24) is 4.90 Å². The van der Waals surface area contributed by atoms with E-state index in [1.807, 2.05) is 0 Å². The minimum Gasteiger partial charge on any atom is -0.394 e. The van der Waals surface area contributed by atoms with Crippen LogP contribution in [-0.2, 0) is 9.53 Å². The standard InChI is InChI=1S/C7H12N2O6/c8-7(14)9(2-11)6-5(13)4(12)3(1-10)15-6/h2-6,10,12-13H,1H2,(H2,8,14)/t3-,4-,5-,6-/m1/s1. The van der Waals surface area contributed by atoms with E-state index in [-0.39, 0.29) is 6.41 Å². The number of urea groups is 1. The van der Waals surface area contributed by atoms with Gasteiger partial charge in [-0.1, -0.05) is 0 Å². The molecular weight excluding hydrogens is 208 g/mol. The Morgan fingerprint density at radius 1 is 1.47 bits per heavy atom. The second-order valence-electron chi connectivity index (χ2n) is 3.08. The maximum atomic E-state index is 10.7. The van der Waals surface area contributed by atoms with Gasteiger partial charge < -0.3 is 25.8 Å². The molecule has 8 heteroatoms. The fourth-order valence-corrected chi connectivity index (χ4v) is 1.35. The number of aliphatic hydroxyl groups is 3. The van der Waals surface area contributed by atoms with E-state index < -0.39 is 37.2 Å². The Kier molecular flexibility index (Phi) is 3.58. The molecule has 0 unspecified atom stereocenters. The second kappa shape index (κ2) is 4.53. The summed E-state index contributed by atoms with van der Waals surface area (Å²) in [5.74, 6) is 0. The molecule has 0 bridgehead atoms. The lowest BCUT2D eigenvalue weighted by molar-refractivity contribution is -0.131. The van der Waals surface area contributed by atoms with Crippen LogP contribution in [0.5, 0.6) is 0 Å². The summed E-state index contributed by atoms with van der Waals surface area (Å²) >= 11 is 0. The summed E-state index contributed by atoms with van der Waals surface area (Å²) < 4.78 is 4.89. The van der Waals surface area contributed by atoms with Gasteiger partial charge in [-0.05, 0) is 0 Å². The first kappa shape index (κ1) is 11.9.